The van der Waals surface area contributed by atoms with Gasteiger partial charge in [0.25, 0.3) is 0 Å². The van der Waals surface area contributed by atoms with Crippen LogP contribution in [-0.2, 0) is 17.2 Å². The van der Waals surface area contributed by atoms with Gasteiger partial charge >= 0.3 is 0 Å². The van der Waals surface area contributed by atoms with Gasteiger partial charge in [-0.1, -0.05) is 37.3 Å². The van der Waals surface area contributed by atoms with Crippen molar-refractivity contribution >= 4 is 10.8 Å². The van der Waals surface area contributed by atoms with E-state index in [0.717, 1.165) is 18.6 Å². The third-order valence-electron chi connectivity index (χ3n) is 2.39. The van der Waals surface area contributed by atoms with Gasteiger partial charge in [0, 0.05) is 28.3 Å². The highest BCUT2D eigenvalue weighted by molar-refractivity contribution is 7.85. The first-order valence-corrected chi connectivity index (χ1v) is 6.85. The minimum atomic E-state index is -0.775. The molecule has 3 heteroatoms. The third kappa shape index (κ3) is 5.09. The van der Waals surface area contributed by atoms with Crippen LogP contribution < -0.4 is 5.73 Å². The Morgan fingerprint density at radius 3 is 2.60 bits per heavy atom. The van der Waals surface area contributed by atoms with E-state index in [-0.39, 0.29) is 6.04 Å². The van der Waals surface area contributed by atoms with Crippen LogP contribution in [0.3, 0.4) is 0 Å². The lowest BCUT2D eigenvalue weighted by Crippen LogP contribution is -2.27. The van der Waals surface area contributed by atoms with E-state index in [4.69, 9.17) is 5.73 Å². The number of benzene rings is 1. The average molecular weight is 225 g/mol. The minimum absolute atomic E-state index is 0.0848. The molecule has 0 saturated carbocycles. The van der Waals surface area contributed by atoms with Crippen molar-refractivity contribution < 1.29 is 4.21 Å². The molecule has 0 aliphatic rings. The monoisotopic (exact) mass is 225 g/mol. The van der Waals surface area contributed by atoms with Crippen LogP contribution in [0.1, 0.15) is 18.9 Å². The fourth-order valence-electron chi connectivity index (χ4n) is 1.32. The van der Waals surface area contributed by atoms with E-state index in [1.165, 1.54) is 5.56 Å². The topological polar surface area (TPSA) is 43.1 Å². The molecule has 2 nitrogen and oxygen atoms in total. The van der Waals surface area contributed by atoms with Crippen LogP contribution >= 0.6 is 0 Å². The molecule has 0 saturated heterocycles. The Labute approximate surface area is 94.3 Å². The van der Waals surface area contributed by atoms with Crippen molar-refractivity contribution in [2.75, 3.05) is 11.5 Å². The van der Waals surface area contributed by atoms with Gasteiger partial charge in [0.1, 0.15) is 0 Å². The molecule has 1 aromatic carbocycles. The van der Waals surface area contributed by atoms with Gasteiger partial charge in [0.05, 0.1) is 0 Å². The summed E-state index contributed by atoms with van der Waals surface area (Å²) in [5.41, 5.74) is 7.00. The first-order valence-electron chi connectivity index (χ1n) is 5.37. The molecule has 2 unspecified atom stereocenters. The molecule has 0 aliphatic heterocycles. The van der Waals surface area contributed by atoms with E-state index in [1.54, 1.807) is 0 Å². The van der Waals surface area contributed by atoms with Gasteiger partial charge in [-0.3, -0.25) is 4.21 Å². The van der Waals surface area contributed by atoms with Crippen LogP contribution in [0.5, 0.6) is 0 Å². The van der Waals surface area contributed by atoms with E-state index < -0.39 is 10.8 Å². The summed E-state index contributed by atoms with van der Waals surface area (Å²) < 4.78 is 11.6. The molecule has 0 aliphatic carbocycles. The normalized spacial score (nSPS) is 14.8. The number of hydrogen-bond donors (Lipinski definition) is 1. The van der Waals surface area contributed by atoms with Crippen molar-refractivity contribution in [3.8, 4) is 0 Å². The first-order chi connectivity index (χ1) is 7.22. The Hall–Kier alpha value is -0.670. The zero-order valence-corrected chi connectivity index (χ0v) is 10.0. The number of rotatable bonds is 6. The standard InChI is InChI=1S/C12H19NOS/c1-2-12(13)10-15(14)9-8-11-6-4-3-5-7-11/h3-7,12H,2,8-10,13H2,1H3. The van der Waals surface area contributed by atoms with Gasteiger partial charge in [-0.15, -0.1) is 0 Å². The summed E-state index contributed by atoms with van der Waals surface area (Å²) in [5.74, 6) is 1.35. The van der Waals surface area contributed by atoms with Crippen molar-refractivity contribution in [1.82, 2.24) is 0 Å². The molecule has 15 heavy (non-hydrogen) atoms. The quantitative estimate of drug-likeness (QED) is 0.801. The summed E-state index contributed by atoms with van der Waals surface area (Å²) in [5, 5.41) is 0. The van der Waals surface area contributed by atoms with Crippen molar-refractivity contribution in [2.45, 2.75) is 25.8 Å². The zero-order valence-electron chi connectivity index (χ0n) is 9.19. The Morgan fingerprint density at radius 1 is 1.33 bits per heavy atom. The predicted molar refractivity (Wildman–Crippen MR) is 66.3 cm³/mol. The summed E-state index contributed by atoms with van der Waals surface area (Å²) in [6.07, 6.45) is 1.78. The largest absolute Gasteiger partial charge is 0.327 e. The summed E-state index contributed by atoms with van der Waals surface area (Å²) in [7, 11) is -0.775. The number of hydrogen-bond acceptors (Lipinski definition) is 2. The predicted octanol–water partition coefficient (Wildman–Crippen LogP) is 1.72. The third-order valence-corrected chi connectivity index (χ3v) is 3.84. The molecule has 0 fully saturated rings. The van der Waals surface area contributed by atoms with Crippen LogP contribution in [0.2, 0.25) is 0 Å². The van der Waals surface area contributed by atoms with Gasteiger partial charge in [0.15, 0.2) is 0 Å². The lowest BCUT2D eigenvalue weighted by Gasteiger charge is -2.08. The molecular formula is C12H19NOS. The molecule has 0 bridgehead atoms. The Kier molecular flexibility index (Phi) is 5.58. The maximum atomic E-state index is 11.6. The molecule has 84 valence electrons. The van der Waals surface area contributed by atoms with Crippen LogP contribution in [0.15, 0.2) is 30.3 Å². The summed E-state index contributed by atoms with van der Waals surface area (Å²) >= 11 is 0. The first kappa shape index (κ1) is 12.4. The molecule has 0 amide bonds. The Balaban J connectivity index is 2.29. The molecule has 1 aromatic rings. The van der Waals surface area contributed by atoms with Crippen LogP contribution in [0.25, 0.3) is 0 Å². The van der Waals surface area contributed by atoms with E-state index in [9.17, 15) is 4.21 Å². The van der Waals surface area contributed by atoms with Gasteiger partial charge < -0.3 is 5.73 Å². The maximum absolute atomic E-state index is 11.6. The molecule has 2 atom stereocenters. The Morgan fingerprint density at radius 2 is 2.00 bits per heavy atom. The molecule has 0 radical (unpaired) electrons. The molecule has 0 aromatic heterocycles. The fraction of sp³-hybridized carbons (Fsp3) is 0.500. The smallest absolute Gasteiger partial charge is 0.0386 e. The van der Waals surface area contributed by atoms with Gasteiger partial charge in [-0.05, 0) is 18.4 Å². The van der Waals surface area contributed by atoms with E-state index in [2.05, 4.69) is 12.1 Å². The van der Waals surface area contributed by atoms with Crippen molar-refractivity contribution in [3.63, 3.8) is 0 Å². The SMILES string of the molecule is CCC(N)CS(=O)CCc1ccccc1. The molecular weight excluding hydrogens is 206 g/mol. The lowest BCUT2D eigenvalue weighted by atomic mass is 10.2. The molecule has 1 rings (SSSR count). The van der Waals surface area contributed by atoms with E-state index in [1.807, 2.05) is 25.1 Å². The summed E-state index contributed by atoms with van der Waals surface area (Å²) in [6, 6.07) is 10.2. The highest BCUT2D eigenvalue weighted by Crippen LogP contribution is 2.01. The lowest BCUT2D eigenvalue weighted by molar-refractivity contribution is 0.663. The van der Waals surface area contributed by atoms with Gasteiger partial charge in [-0.2, -0.15) is 0 Å². The second kappa shape index (κ2) is 6.75. The van der Waals surface area contributed by atoms with Gasteiger partial charge in [-0.25, -0.2) is 0 Å². The number of aryl methyl sites for hydroxylation is 1. The minimum Gasteiger partial charge on any atom is -0.327 e. The number of nitrogens with two attached hydrogens (primary N) is 1. The van der Waals surface area contributed by atoms with Gasteiger partial charge in [0.2, 0.25) is 0 Å². The Bertz CT molecular complexity index is 300. The molecule has 2 N–H and O–H groups in total. The second-order valence-corrected chi connectivity index (χ2v) is 5.34. The zero-order chi connectivity index (χ0) is 11.1. The van der Waals surface area contributed by atoms with Crippen molar-refractivity contribution in [3.05, 3.63) is 35.9 Å². The van der Waals surface area contributed by atoms with Crippen molar-refractivity contribution in [2.24, 2.45) is 5.73 Å². The van der Waals surface area contributed by atoms with Crippen LogP contribution in [0, 0.1) is 0 Å². The highest BCUT2D eigenvalue weighted by Gasteiger charge is 2.05. The van der Waals surface area contributed by atoms with E-state index in [0.29, 0.717) is 5.75 Å². The molecule has 0 heterocycles. The van der Waals surface area contributed by atoms with Crippen LogP contribution in [-0.4, -0.2) is 21.8 Å². The van der Waals surface area contributed by atoms with Crippen LogP contribution in [0.4, 0.5) is 0 Å². The summed E-state index contributed by atoms with van der Waals surface area (Å²) in [4.78, 5) is 0. The molecule has 0 spiro atoms. The highest BCUT2D eigenvalue weighted by atomic mass is 32.2. The van der Waals surface area contributed by atoms with E-state index >= 15 is 0 Å². The van der Waals surface area contributed by atoms with Crippen molar-refractivity contribution in [1.29, 1.82) is 0 Å². The second-order valence-electron chi connectivity index (χ2n) is 3.71. The average Bonchev–Trinajstić information content (AvgIpc) is 2.27. The fourth-order valence-corrected chi connectivity index (χ4v) is 2.66. The summed E-state index contributed by atoms with van der Waals surface area (Å²) in [6.45, 7) is 2.03. The maximum Gasteiger partial charge on any atom is 0.0386 e.